The van der Waals surface area contributed by atoms with Gasteiger partial charge in [0, 0.05) is 48.7 Å². The highest BCUT2D eigenvalue weighted by Gasteiger charge is 2.47. The number of fused-ring (bicyclic) bond motifs is 4. The third-order valence-electron chi connectivity index (χ3n) is 13.0. The van der Waals surface area contributed by atoms with Crippen molar-refractivity contribution >= 4 is 33.2 Å². The first-order valence-corrected chi connectivity index (χ1v) is 21.2. The molecule has 286 valence electrons. The number of halogens is 1. The van der Waals surface area contributed by atoms with Gasteiger partial charge >= 0.3 is 0 Å². The molecule has 2 bridgehead atoms. The summed E-state index contributed by atoms with van der Waals surface area (Å²) in [6.45, 7) is 8.40. The summed E-state index contributed by atoms with van der Waals surface area (Å²) in [4.78, 5) is 18.3. The molecule has 3 aliphatic heterocycles. The molecule has 10 nitrogen and oxygen atoms in total. The van der Waals surface area contributed by atoms with Crippen molar-refractivity contribution in [2.45, 2.75) is 88.2 Å². The van der Waals surface area contributed by atoms with Gasteiger partial charge in [-0.2, -0.15) is 0 Å². The van der Waals surface area contributed by atoms with Crippen molar-refractivity contribution in [2.75, 3.05) is 65.1 Å². The Hall–Kier alpha value is -2.41. The van der Waals surface area contributed by atoms with Gasteiger partial charge in [0.05, 0.1) is 43.4 Å². The Labute approximate surface area is 314 Å². The number of nitrogens with zero attached hydrogens (tertiary/aromatic N) is 2. The number of carbonyl (C=O) groups excluding carboxylic acids is 1. The van der Waals surface area contributed by atoms with Crippen LogP contribution in [0.25, 0.3) is 0 Å². The summed E-state index contributed by atoms with van der Waals surface area (Å²) in [6.07, 6.45) is 7.38. The first-order valence-electron chi connectivity index (χ1n) is 19.3. The van der Waals surface area contributed by atoms with E-state index < -0.39 is 21.2 Å². The van der Waals surface area contributed by atoms with Crippen LogP contribution in [0.4, 0.5) is 5.69 Å². The number of rotatable bonds is 5. The highest BCUT2D eigenvalue weighted by Crippen LogP contribution is 2.49. The van der Waals surface area contributed by atoms with Crippen LogP contribution in [0.5, 0.6) is 5.75 Å². The second-order valence-electron chi connectivity index (χ2n) is 16.2. The number of hydrogen-bond acceptors (Lipinski definition) is 9. The molecule has 1 N–H and O–H groups in total. The lowest BCUT2D eigenvalue weighted by Gasteiger charge is -2.49. The normalized spacial score (nSPS) is 33.6. The fourth-order valence-electron chi connectivity index (χ4n) is 9.40. The van der Waals surface area contributed by atoms with Crippen molar-refractivity contribution in [3.05, 3.63) is 58.1 Å². The number of methoxy groups -OCH3 is 1. The number of anilines is 1. The van der Waals surface area contributed by atoms with Crippen molar-refractivity contribution in [2.24, 2.45) is 23.7 Å². The zero-order chi connectivity index (χ0) is 36.6. The van der Waals surface area contributed by atoms with Crippen LogP contribution in [0.3, 0.4) is 0 Å². The van der Waals surface area contributed by atoms with Gasteiger partial charge in [-0.25, -0.2) is 13.1 Å². The van der Waals surface area contributed by atoms with Gasteiger partial charge in [0.15, 0.2) is 6.29 Å². The van der Waals surface area contributed by atoms with E-state index in [1.807, 2.05) is 25.1 Å². The van der Waals surface area contributed by atoms with Crippen LogP contribution in [-0.4, -0.2) is 97.0 Å². The van der Waals surface area contributed by atoms with Gasteiger partial charge in [0.1, 0.15) is 5.75 Å². The van der Waals surface area contributed by atoms with Gasteiger partial charge in [-0.1, -0.05) is 31.0 Å². The molecule has 1 spiro atoms. The first kappa shape index (κ1) is 37.9. The average Bonchev–Trinajstić information content (AvgIpc) is 3.27. The lowest BCUT2D eigenvalue weighted by Crippen LogP contribution is -2.52. The summed E-state index contributed by atoms with van der Waals surface area (Å²) in [7, 11) is -0.112. The topological polar surface area (TPSA) is 107 Å². The number of nitrogens with one attached hydrogen (secondary N) is 1. The van der Waals surface area contributed by atoms with Gasteiger partial charge in [0.2, 0.25) is 10.0 Å². The molecule has 1 saturated carbocycles. The van der Waals surface area contributed by atoms with Crippen LogP contribution in [0.15, 0.2) is 36.4 Å². The van der Waals surface area contributed by atoms with Crippen LogP contribution in [0.2, 0.25) is 5.02 Å². The van der Waals surface area contributed by atoms with Crippen LogP contribution >= 0.6 is 11.6 Å². The standard InChI is InChI=1S/C40H56ClN3O7S/c1-26-7-5-9-34(39-49-22-32(23-50-39)43(3)17-18-48-4)33-13-10-30(33)21-44-24-40(16-6-8-28-19-31(41)12-14-35(28)40)25-51-37-15-11-29(20-36(37)44)38(45)42-52(46,47)27(26)2/h11-12,14-15,19-20,26-27,30,32-34,39H,5-10,13,16-18,21-25H2,1-4H3,(H,42,45)/t26-,27+,30-,32-,33+,34-,39+,40-/m0/s1. The molecule has 1 saturated heterocycles. The smallest absolute Gasteiger partial charge is 0.264 e. The third-order valence-corrected chi connectivity index (χ3v) is 15.2. The summed E-state index contributed by atoms with van der Waals surface area (Å²) >= 11 is 6.49. The van der Waals surface area contributed by atoms with Crippen LogP contribution in [0, 0.1) is 23.7 Å². The number of ether oxygens (including phenoxy) is 4. The second-order valence-corrected chi connectivity index (χ2v) is 18.7. The highest BCUT2D eigenvalue weighted by atomic mass is 35.5. The number of hydrogen-bond donors (Lipinski definition) is 1. The van der Waals surface area contributed by atoms with E-state index in [-0.39, 0.29) is 29.6 Å². The summed E-state index contributed by atoms with van der Waals surface area (Å²) in [5, 5.41) is 0.0154. The van der Waals surface area contributed by atoms with E-state index in [4.69, 9.17) is 30.5 Å². The van der Waals surface area contributed by atoms with Gasteiger partial charge in [-0.3, -0.25) is 9.69 Å². The maximum absolute atomic E-state index is 13.6. The van der Waals surface area contributed by atoms with Crippen LogP contribution in [-0.2, 0) is 36.1 Å². The first-order chi connectivity index (χ1) is 25.0. The number of likely N-dealkylation sites (N-methyl/N-ethyl adjacent to an activating group) is 1. The molecule has 3 heterocycles. The predicted molar refractivity (Wildman–Crippen MR) is 203 cm³/mol. The summed E-state index contributed by atoms with van der Waals surface area (Å²) in [5.74, 6) is 0.961. The number of amides is 1. The average molecular weight is 758 g/mol. The number of benzene rings is 2. The molecule has 6 atom stereocenters. The Kier molecular flexibility index (Phi) is 11.5. The Morgan fingerprint density at radius 2 is 1.85 bits per heavy atom. The summed E-state index contributed by atoms with van der Waals surface area (Å²) in [6, 6.07) is 11.8. The van der Waals surface area contributed by atoms with Gasteiger partial charge in [0.25, 0.3) is 5.91 Å². The molecule has 2 aromatic rings. The minimum absolute atomic E-state index is 0.136. The van der Waals surface area contributed by atoms with Gasteiger partial charge in [-0.05, 0) is 118 Å². The van der Waals surface area contributed by atoms with Crippen LogP contribution < -0.4 is 14.4 Å². The lowest BCUT2D eigenvalue weighted by molar-refractivity contribution is -0.242. The molecule has 0 unspecified atom stereocenters. The maximum Gasteiger partial charge on any atom is 0.264 e. The predicted octanol–water partition coefficient (Wildman–Crippen LogP) is 6.04. The molecule has 7 rings (SSSR count). The van der Waals surface area contributed by atoms with Crippen molar-refractivity contribution in [3.8, 4) is 5.75 Å². The molecule has 2 aromatic carbocycles. The minimum Gasteiger partial charge on any atom is -0.490 e. The van der Waals surface area contributed by atoms with Gasteiger partial charge < -0.3 is 23.8 Å². The Bertz CT molecular complexity index is 1700. The quantitative estimate of drug-likeness (QED) is 0.391. The number of aryl methyl sites for hydroxylation is 1. The number of sulfonamides is 1. The molecule has 0 radical (unpaired) electrons. The molecule has 2 fully saturated rings. The monoisotopic (exact) mass is 757 g/mol. The van der Waals surface area contributed by atoms with E-state index in [2.05, 4.69) is 33.7 Å². The molecule has 5 aliphatic rings. The largest absolute Gasteiger partial charge is 0.490 e. The highest BCUT2D eigenvalue weighted by molar-refractivity contribution is 7.90. The fourth-order valence-corrected chi connectivity index (χ4v) is 10.9. The Morgan fingerprint density at radius 1 is 1.04 bits per heavy atom. The third kappa shape index (κ3) is 7.73. The minimum atomic E-state index is -3.92. The molecule has 52 heavy (non-hydrogen) atoms. The van der Waals surface area contributed by atoms with E-state index in [9.17, 15) is 13.2 Å². The van der Waals surface area contributed by atoms with Gasteiger partial charge in [-0.15, -0.1) is 0 Å². The van der Waals surface area contributed by atoms with E-state index in [1.165, 1.54) is 11.1 Å². The van der Waals surface area contributed by atoms with Crippen molar-refractivity contribution in [3.63, 3.8) is 0 Å². The van der Waals surface area contributed by atoms with E-state index in [0.29, 0.717) is 43.8 Å². The van der Waals surface area contributed by atoms with Crippen molar-refractivity contribution in [1.29, 1.82) is 0 Å². The second kappa shape index (κ2) is 15.7. The Morgan fingerprint density at radius 3 is 2.60 bits per heavy atom. The van der Waals surface area contributed by atoms with Crippen molar-refractivity contribution < 1.29 is 32.2 Å². The molecule has 0 aromatic heterocycles. The maximum atomic E-state index is 13.6. The molecular formula is C40H56ClN3O7S. The van der Waals surface area contributed by atoms with Crippen LogP contribution in [0.1, 0.15) is 80.3 Å². The Balaban J connectivity index is 1.23. The molecule has 1 amide bonds. The fraction of sp³-hybridized carbons (Fsp3) is 0.675. The van der Waals surface area contributed by atoms with E-state index >= 15 is 0 Å². The van der Waals surface area contributed by atoms with E-state index in [0.717, 1.165) is 87.5 Å². The lowest BCUT2D eigenvalue weighted by atomic mass is 9.64. The summed E-state index contributed by atoms with van der Waals surface area (Å²) in [5.41, 5.74) is 3.45. The zero-order valence-electron chi connectivity index (χ0n) is 31.2. The summed E-state index contributed by atoms with van der Waals surface area (Å²) < 4.78 is 54.6. The molecular weight excluding hydrogens is 702 g/mol. The van der Waals surface area contributed by atoms with Crippen molar-refractivity contribution in [1.82, 2.24) is 9.62 Å². The van der Waals surface area contributed by atoms with E-state index in [1.54, 1.807) is 20.1 Å². The molecule has 12 heteroatoms. The number of carbonyl (C=O) groups is 1. The zero-order valence-corrected chi connectivity index (χ0v) is 32.7. The SMILES string of the molecule is COCCN(C)[C@H]1CO[C@@H]([C@H]2CCC[C@H](C)[C@@H](C)S(=O)(=O)NC(=O)c3ccc4c(c3)N(C[C@@H]3CC[C@H]32)C[C@@]2(CCCc3cc(Cl)ccc32)CO4)OC1. The molecule has 2 aliphatic carbocycles.